The fraction of sp³-hybridized carbons (Fsp3) is 0.500. The van der Waals surface area contributed by atoms with Crippen LogP contribution in [0.15, 0.2) is 11.1 Å². The van der Waals surface area contributed by atoms with Gasteiger partial charge in [0.05, 0.1) is 17.5 Å². The van der Waals surface area contributed by atoms with Gasteiger partial charge < -0.3 is 10.4 Å². The molecule has 4 nitrogen and oxygen atoms in total. The van der Waals surface area contributed by atoms with E-state index in [1.165, 1.54) is 6.08 Å². The first kappa shape index (κ1) is 10.1. The highest BCUT2D eigenvalue weighted by molar-refractivity contribution is 9.10. The Morgan fingerprint density at radius 2 is 2.29 bits per heavy atom. The molecular weight excluding hydrogens is 273 g/mol. The molecule has 0 bridgehead atoms. The Labute approximate surface area is 93.4 Å². The normalized spacial score (nSPS) is 41.8. The first-order chi connectivity index (χ1) is 6.44. The molecule has 0 aromatic carbocycles. The van der Waals surface area contributed by atoms with E-state index in [4.69, 9.17) is 11.6 Å². The number of allylic oxidation sites excluding steroid dienone is 1. The first-order valence-electron chi connectivity index (χ1n) is 4.02. The van der Waals surface area contributed by atoms with E-state index in [9.17, 15) is 14.7 Å². The van der Waals surface area contributed by atoms with Crippen molar-refractivity contribution in [1.82, 2.24) is 5.32 Å². The predicted octanol–water partition coefficient (Wildman–Crippen LogP) is 0.0749. The molecule has 0 saturated carbocycles. The number of aliphatic hydroxyl groups is 1. The Morgan fingerprint density at radius 1 is 1.64 bits per heavy atom. The van der Waals surface area contributed by atoms with E-state index in [-0.39, 0.29) is 23.1 Å². The van der Waals surface area contributed by atoms with Crippen molar-refractivity contribution in [1.29, 1.82) is 0 Å². The molecular formula is C8H7BrClNO3. The molecule has 2 N–H and O–H groups in total. The summed E-state index contributed by atoms with van der Waals surface area (Å²) in [6.07, 6.45) is 1.19. The molecule has 1 aliphatic carbocycles. The van der Waals surface area contributed by atoms with Crippen LogP contribution in [0.3, 0.4) is 0 Å². The second-order valence-corrected chi connectivity index (χ2v) is 4.87. The van der Waals surface area contributed by atoms with Gasteiger partial charge in [-0.1, -0.05) is 27.5 Å². The summed E-state index contributed by atoms with van der Waals surface area (Å²) in [4.78, 5) is 21.8. The number of Topliss-reactive ketones (excluding diaryl/α,β-unsaturated/α-hetero) is 1. The van der Waals surface area contributed by atoms with Crippen molar-refractivity contribution in [3.05, 3.63) is 11.1 Å². The monoisotopic (exact) mass is 279 g/mol. The SMILES string of the molecule is O=C1C[C@]2(O)C=C(Cl)C(=O)[C@H](Br)[C@@H]2N1. The zero-order valence-electron chi connectivity index (χ0n) is 6.96. The number of amides is 1. The molecule has 2 aliphatic rings. The van der Waals surface area contributed by atoms with E-state index in [0.29, 0.717) is 0 Å². The van der Waals surface area contributed by atoms with Gasteiger partial charge >= 0.3 is 0 Å². The standard InChI is InChI=1S/C8H7BrClNO3/c9-5-6(13)3(10)1-8(14)2-4(12)11-7(5)8/h1,5,7,14H,2H2,(H,11,12)/t5-,7-,8+/m0/s1. The third-order valence-electron chi connectivity index (χ3n) is 2.45. The number of hydrogen-bond acceptors (Lipinski definition) is 3. The van der Waals surface area contributed by atoms with Crippen LogP contribution in [0.5, 0.6) is 0 Å². The van der Waals surface area contributed by atoms with Gasteiger partial charge in [0.2, 0.25) is 5.91 Å². The lowest BCUT2D eigenvalue weighted by atomic mass is 9.86. The quantitative estimate of drug-likeness (QED) is 0.617. The summed E-state index contributed by atoms with van der Waals surface area (Å²) in [5, 5.41) is 12.5. The Hall–Kier alpha value is -0.390. The highest BCUT2D eigenvalue weighted by Crippen LogP contribution is 2.36. The first-order valence-corrected chi connectivity index (χ1v) is 5.32. The number of carbonyl (C=O) groups excluding carboxylic acids is 2. The Balaban J connectivity index is 2.45. The fourth-order valence-electron chi connectivity index (χ4n) is 1.76. The number of fused-ring (bicyclic) bond motifs is 1. The topological polar surface area (TPSA) is 66.4 Å². The van der Waals surface area contributed by atoms with Gasteiger partial charge in [-0.3, -0.25) is 9.59 Å². The lowest BCUT2D eigenvalue weighted by Crippen LogP contribution is -2.53. The molecule has 1 saturated heterocycles. The van der Waals surface area contributed by atoms with Gasteiger partial charge in [0.15, 0.2) is 5.78 Å². The minimum absolute atomic E-state index is 0.0258. The molecule has 0 radical (unpaired) electrons. The summed E-state index contributed by atoms with van der Waals surface area (Å²) >= 11 is 8.76. The number of ketones is 1. The zero-order chi connectivity index (χ0) is 10.5. The Morgan fingerprint density at radius 3 is 2.93 bits per heavy atom. The highest BCUT2D eigenvalue weighted by atomic mass is 79.9. The molecule has 1 amide bonds. The molecule has 0 unspecified atom stereocenters. The van der Waals surface area contributed by atoms with Gasteiger partial charge in [0, 0.05) is 0 Å². The van der Waals surface area contributed by atoms with Crippen molar-refractivity contribution < 1.29 is 14.7 Å². The number of nitrogens with one attached hydrogen (secondary N) is 1. The number of rotatable bonds is 0. The van der Waals surface area contributed by atoms with Crippen LogP contribution in [0.2, 0.25) is 0 Å². The maximum atomic E-state index is 11.4. The van der Waals surface area contributed by atoms with Crippen LogP contribution >= 0.6 is 27.5 Å². The lowest BCUT2D eigenvalue weighted by Gasteiger charge is -2.32. The van der Waals surface area contributed by atoms with E-state index in [2.05, 4.69) is 21.2 Å². The maximum absolute atomic E-state index is 11.4. The van der Waals surface area contributed by atoms with Gasteiger partial charge in [-0.25, -0.2) is 0 Å². The van der Waals surface area contributed by atoms with E-state index < -0.39 is 16.5 Å². The van der Waals surface area contributed by atoms with Crippen molar-refractivity contribution in [2.45, 2.75) is 22.9 Å². The maximum Gasteiger partial charge on any atom is 0.223 e. The van der Waals surface area contributed by atoms with Gasteiger partial charge in [0.1, 0.15) is 10.4 Å². The summed E-state index contributed by atoms with van der Waals surface area (Å²) in [5.74, 6) is -0.596. The predicted molar refractivity (Wildman–Crippen MR) is 53.2 cm³/mol. The van der Waals surface area contributed by atoms with Crippen molar-refractivity contribution in [3.63, 3.8) is 0 Å². The molecule has 0 aromatic heterocycles. The van der Waals surface area contributed by atoms with Gasteiger partial charge in [-0.15, -0.1) is 0 Å². The minimum Gasteiger partial charge on any atom is -0.383 e. The minimum atomic E-state index is -1.34. The average Bonchev–Trinajstić information content (AvgIpc) is 2.37. The zero-order valence-corrected chi connectivity index (χ0v) is 9.30. The number of alkyl halides is 1. The number of hydrogen-bond donors (Lipinski definition) is 2. The molecule has 0 spiro atoms. The third kappa shape index (κ3) is 1.31. The van der Waals surface area contributed by atoms with E-state index in [1.54, 1.807) is 0 Å². The molecule has 1 heterocycles. The van der Waals surface area contributed by atoms with Crippen molar-refractivity contribution >= 4 is 39.2 Å². The second kappa shape index (κ2) is 3.05. The fourth-order valence-corrected chi connectivity index (χ4v) is 3.03. The van der Waals surface area contributed by atoms with Crippen LogP contribution in [-0.4, -0.2) is 33.3 Å². The summed E-state index contributed by atoms with van der Waals surface area (Å²) in [5.41, 5.74) is -1.34. The third-order valence-corrected chi connectivity index (χ3v) is 3.69. The van der Waals surface area contributed by atoms with Crippen LogP contribution in [0.1, 0.15) is 6.42 Å². The molecule has 3 atom stereocenters. The van der Waals surface area contributed by atoms with E-state index in [1.807, 2.05) is 0 Å². The molecule has 0 aromatic rings. The Kier molecular flexibility index (Phi) is 2.21. The van der Waals surface area contributed by atoms with Gasteiger partial charge in [-0.05, 0) is 6.08 Å². The van der Waals surface area contributed by atoms with Crippen LogP contribution in [0.25, 0.3) is 0 Å². The van der Waals surface area contributed by atoms with Gasteiger partial charge in [0.25, 0.3) is 0 Å². The molecule has 1 aliphatic heterocycles. The summed E-state index contributed by atoms with van der Waals surface area (Å²) in [6, 6.07) is -0.620. The van der Waals surface area contributed by atoms with Crippen molar-refractivity contribution in [3.8, 4) is 0 Å². The largest absolute Gasteiger partial charge is 0.383 e. The van der Waals surface area contributed by atoms with Crippen LogP contribution in [0, 0.1) is 0 Å². The van der Waals surface area contributed by atoms with E-state index in [0.717, 1.165) is 0 Å². The van der Waals surface area contributed by atoms with Crippen LogP contribution < -0.4 is 5.32 Å². The van der Waals surface area contributed by atoms with Crippen molar-refractivity contribution in [2.75, 3.05) is 0 Å². The van der Waals surface area contributed by atoms with E-state index >= 15 is 0 Å². The van der Waals surface area contributed by atoms with Crippen molar-refractivity contribution in [2.24, 2.45) is 0 Å². The molecule has 76 valence electrons. The Bertz CT molecular complexity index is 356. The van der Waals surface area contributed by atoms with Gasteiger partial charge in [-0.2, -0.15) is 0 Å². The summed E-state index contributed by atoms with van der Waals surface area (Å²) < 4.78 is 0. The molecule has 6 heteroatoms. The molecule has 1 fully saturated rings. The second-order valence-electron chi connectivity index (χ2n) is 3.47. The number of halogens is 2. The lowest BCUT2D eigenvalue weighted by molar-refractivity contribution is -0.120. The number of carbonyl (C=O) groups is 2. The van der Waals surface area contributed by atoms with Crippen LogP contribution in [0.4, 0.5) is 0 Å². The average molecular weight is 281 g/mol. The molecule has 14 heavy (non-hydrogen) atoms. The summed E-state index contributed by atoms with van der Waals surface area (Å²) in [7, 11) is 0. The highest BCUT2D eigenvalue weighted by Gasteiger charge is 2.52. The molecule has 2 rings (SSSR count). The smallest absolute Gasteiger partial charge is 0.223 e. The van der Waals surface area contributed by atoms with Crippen LogP contribution in [-0.2, 0) is 9.59 Å². The summed E-state index contributed by atoms with van der Waals surface area (Å²) in [6.45, 7) is 0.